The lowest BCUT2D eigenvalue weighted by Gasteiger charge is -2.30. The van der Waals surface area contributed by atoms with Crippen molar-refractivity contribution >= 4 is 23.4 Å². The first-order chi connectivity index (χ1) is 12.1. The smallest absolute Gasteiger partial charge is 0.239 e. The van der Waals surface area contributed by atoms with Crippen molar-refractivity contribution in [1.29, 1.82) is 0 Å². The largest absolute Gasteiger partial charge is 0.360 e. The Morgan fingerprint density at radius 2 is 2.12 bits per heavy atom. The van der Waals surface area contributed by atoms with E-state index in [2.05, 4.69) is 47.4 Å². The van der Waals surface area contributed by atoms with Crippen LogP contribution in [0.3, 0.4) is 0 Å². The molecule has 0 atom stereocenters. The van der Waals surface area contributed by atoms with Gasteiger partial charge in [-0.3, -0.25) is 9.48 Å². The first kappa shape index (κ1) is 17.9. The number of carbonyl (C=O) groups excluding carboxylic acids is 1. The van der Waals surface area contributed by atoms with Gasteiger partial charge in [0.2, 0.25) is 5.91 Å². The molecule has 0 saturated carbocycles. The van der Waals surface area contributed by atoms with Crippen LogP contribution < -0.4 is 10.2 Å². The van der Waals surface area contributed by atoms with E-state index in [9.17, 15) is 4.79 Å². The van der Waals surface area contributed by atoms with E-state index in [1.165, 1.54) is 21.8 Å². The summed E-state index contributed by atoms with van der Waals surface area (Å²) in [5.41, 5.74) is 4.69. The summed E-state index contributed by atoms with van der Waals surface area (Å²) in [5.74, 6) is 1.11. The average Bonchev–Trinajstić information content (AvgIpc) is 2.89. The number of thioether (sulfide) groups is 1. The van der Waals surface area contributed by atoms with Gasteiger partial charge in [-0.05, 0) is 44.9 Å². The lowest BCUT2D eigenvalue weighted by molar-refractivity contribution is -0.119. The monoisotopic (exact) mass is 358 g/mol. The Kier molecular flexibility index (Phi) is 5.68. The second-order valence-electron chi connectivity index (χ2n) is 6.30. The molecule has 1 aliphatic heterocycles. The molecule has 0 fully saturated rings. The molecule has 25 heavy (non-hydrogen) atoms. The van der Waals surface area contributed by atoms with Crippen LogP contribution in [0.15, 0.2) is 29.2 Å². The SMILES string of the molecule is CCn1nc(C)c(CCNC(=O)CN2CCSc3ccccc32)c1C. The minimum atomic E-state index is 0.0832. The predicted molar refractivity (Wildman–Crippen MR) is 103 cm³/mol. The first-order valence-electron chi connectivity index (χ1n) is 8.86. The Hall–Kier alpha value is -1.95. The van der Waals surface area contributed by atoms with E-state index < -0.39 is 0 Å². The van der Waals surface area contributed by atoms with E-state index in [-0.39, 0.29) is 5.91 Å². The summed E-state index contributed by atoms with van der Waals surface area (Å²) in [6.45, 7) is 9.10. The highest BCUT2D eigenvalue weighted by atomic mass is 32.2. The molecule has 0 radical (unpaired) electrons. The van der Waals surface area contributed by atoms with Crippen LogP contribution in [0, 0.1) is 13.8 Å². The van der Waals surface area contributed by atoms with Crippen molar-refractivity contribution in [2.45, 2.75) is 38.6 Å². The van der Waals surface area contributed by atoms with Gasteiger partial charge in [0.25, 0.3) is 0 Å². The molecule has 2 aromatic rings. The molecule has 0 bridgehead atoms. The molecule has 5 nitrogen and oxygen atoms in total. The van der Waals surface area contributed by atoms with Crippen LogP contribution in [0.1, 0.15) is 23.9 Å². The van der Waals surface area contributed by atoms with E-state index in [4.69, 9.17) is 0 Å². The molecule has 1 aliphatic rings. The summed E-state index contributed by atoms with van der Waals surface area (Å²) < 4.78 is 2.02. The number of hydrogen-bond donors (Lipinski definition) is 1. The number of amides is 1. The van der Waals surface area contributed by atoms with Crippen molar-refractivity contribution in [2.24, 2.45) is 0 Å². The highest BCUT2D eigenvalue weighted by Gasteiger charge is 2.19. The van der Waals surface area contributed by atoms with Gasteiger partial charge in [0, 0.05) is 36.0 Å². The van der Waals surface area contributed by atoms with Gasteiger partial charge in [0.1, 0.15) is 0 Å². The number of aryl methyl sites for hydroxylation is 2. The third-order valence-corrected chi connectivity index (χ3v) is 5.73. The van der Waals surface area contributed by atoms with Crippen molar-refractivity contribution in [3.8, 4) is 0 Å². The maximum absolute atomic E-state index is 12.4. The van der Waals surface area contributed by atoms with E-state index in [1.807, 2.05) is 29.4 Å². The molecule has 2 heterocycles. The fourth-order valence-electron chi connectivity index (χ4n) is 3.35. The molecular formula is C19H26N4OS. The van der Waals surface area contributed by atoms with Gasteiger partial charge in [-0.2, -0.15) is 5.10 Å². The number of benzene rings is 1. The number of carbonyl (C=O) groups is 1. The molecule has 0 unspecified atom stereocenters. The third-order valence-electron chi connectivity index (χ3n) is 4.69. The van der Waals surface area contributed by atoms with Gasteiger partial charge < -0.3 is 10.2 Å². The molecule has 6 heteroatoms. The first-order valence-corrected chi connectivity index (χ1v) is 9.85. The third kappa shape index (κ3) is 4.00. The maximum atomic E-state index is 12.4. The lowest BCUT2D eigenvalue weighted by atomic mass is 10.1. The van der Waals surface area contributed by atoms with E-state index >= 15 is 0 Å². The van der Waals surface area contributed by atoms with Crippen molar-refractivity contribution in [3.63, 3.8) is 0 Å². The van der Waals surface area contributed by atoms with Crippen molar-refractivity contribution < 1.29 is 4.79 Å². The number of fused-ring (bicyclic) bond motifs is 1. The fourth-order valence-corrected chi connectivity index (χ4v) is 4.40. The minimum absolute atomic E-state index is 0.0832. The quantitative estimate of drug-likeness (QED) is 0.863. The Balaban J connectivity index is 1.54. The standard InChI is InChI=1S/C19H26N4OS/c1-4-23-15(3)16(14(2)21-23)9-10-20-19(24)13-22-11-12-25-18-8-6-5-7-17(18)22/h5-8H,4,9-13H2,1-3H3,(H,20,24). The van der Waals surface area contributed by atoms with Crippen molar-refractivity contribution in [2.75, 3.05) is 30.3 Å². The molecule has 0 saturated heterocycles. The van der Waals surface area contributed by atoms with Crippen LogP contribution in [0.25, 0.3) is 0 Å². The van der Waals surface area contributed by atoms with Crippen molar-refractivity contribution in [3.05, 3.63) is 41.2 Å². The summed E-state index contributed by atoms with van der Waals surface area (Å²) in [6, 6.07) is 8.31. The van der Waals surface area contributed by atoms with Crippen LogP contribution in [-0.2, 0) is 17.8 Å². The maximum Gasteiger partial charge on any atom is 0.239 e. The zero-order valence-electron chi connectivity index (χ0n) is 15.2. The van der Waals surface area contributed by atoms with Gasteiger partial charge in [-0.25, -0.2) is 0 Å². The second-order valence-corrected chi connectivity index (χ2v) is 7.44. The van der Waals surface area contributed by atoms with Gasteiger partial charge in [0.15, 0.2) is 0 Å². The predicted octanol–water partition coefficient (Wildman–Crippen LogP) is 2.79. The minimum Gasteiger partial charge on any atom is -0.360 e. The fraction of sp³-hybridized carbons (Fsp3) is 0.474. The summed E-state index contributed by atoms with van der Waals surface area (Å²) in [5, 5.41) is 7.60. The number of anilines is 1. The molecule has 0 aliphatic carbocycles. The molecule has 1 N–H and O–H groups in total. The molecule has 3 rings (SSSR count). The van der Waals surface area contributed by atoms with Crippen LogP contribution in [0.2, 0.25) is 0 Å². The average molecular weight is 359 g/mol. The normalized spacial score (nSPS) is 13.6. The Bertz CT molecular complexity index is 756. The van der Waals surface area contributed by atoms with E-state index in [0.29, 0.717) is 13.1 Å². The highest BCUT2D eigenvalue weighted by Crippen LogP contribution is 2.33. The van der Waals surface area contributed by atoms with Crippen molar-refractivity contribution in [1.82, 2.24) is 15.1 Å². The molecular weight excluding hydrogens is 332 g/mol. The van der Waals surface area contributed by atoms with E-state index in [0.717, 1.165) is 31.0 Å². The molecule has 0 spiro atoms. The number of rotatable bonds is 6. The number of para-hydroxylation sites is 1. The number of hydrogen-bond acceptors (Lipinski definition) is 4. The zero-order chi connectivity index (χ0) is 17.8. The Morgan fingerprint density at radius 3 is 2.88 bits per heavy atom. The second kappa shape index (κ2) is 7.95. The summed E-state index contributed by atoms with van der Waals surface area (Å²) in [7, 11) is 0. The Labute approximate surface area is 153 Å². The van der Waals surface area contributed by atoms with Gasteiger partial charge in [-0.15, -0.1) is 11.8 Å². The Morgan fingerprint density at radius 1 is 1.32 bits per heavy atom. The number of nitrogens with one attached hydrogen (secondary N) is 1. The summed E-state index contributed by atoms with van der Waals surface area (Å²) in [4.78, 5) is 15.8. The molecule has 1 aromatic heterocycles. The van der Waals surface area contributed by atoms with Gasteiger partial charge in [0.05, 0.1) is 17.9 Å². The van der Waals surface area contributed by atoms with Gasteiger partial charge in [-0.1, -0.05) is 12.1 Å². The molecule has 134 valence electrons. The van der Waals surface area contributed by atoms with Gasteiger partial charge >= 0.3 is 0 Å². The summed E-state index contributed by atoms with van der Waals surface area (Å²) in [6.07, 6.45) is 0.829. The van der Waals surface area contributed by atoms with E-state index in [1.54, 1.807) is 0 Å². The highest BCUT2D eigenvalue weighted by molar-refractivity contribution is 7.99. The topological polar surface area (TPSA) is 50.2 Å². The summed E-state index contributed by atoms with van der Waals surface area (Å²) >= 11 is 1.86. The molecule has 1 amide bonds. The van der Waals surface area contributed by atoms with Crippen LogP contribution in [0.4, 0.5) is 5.69 Å². The number of nitrogens with zero attached hydrogens (tertiary/aromatic N) is 3. The molecule has 1 aromatic carbocycles. The van der Waals surface area contributed by atoms with Crippen LogP contribution in [0.5, 0.6) is 0 Å². The zero-order valence-corrected chi connectivity index (χ0v) is 16.0. The van der Waals surface area contributed by atoms with Crippen LogP contribution in [-0.4, -0.2) is 41.1 Å². The number of aromatic nitrogens is 2. The van der Waals surface area contributed by atoms with Crippen LogP contribution >= 0.6 is 11.8 Å². The lowest BCUT2D eigenvalue weighted by Crippen LogP contribution is -2.40.